The Balaban J connectivity index is 1.11. The molecule has 0 bridgehead atoms. The molecule has 2 aliphatic carbocycles. The predicted molar refractivity (Wildman–Crippen MR) is 285 cm³/mol. The average molecular weight is 880 g/mol. The third-order valence-corrected chi connectivity index (χ3v) is 16.5. The molecule has 0 saturated heterocycles. The Morgan fingerprint density at radius 2 is 1.16 bits per heavy atom. The Bertz CT molecular complexity index is 3870. The molecule has 2 aromatic heterocycles. The highest BCUT2D eigenvalue weighted by Crippen LogP contribution is 2.56. The van der Waals surface area contributed by atoms with Crippen LogP contribution in [0.5, 0.6) is 0 Å². The van der Waals surface area contributed by atoms with Crippen molar-refractivity contribution in [3.8, 4) is 50.5 Å². The lowest BCUT2D eigenvalue weighted by Gasteiger charge is -2.42. The molecule has 5 heteroatoms. The van der Waals surface area contributed by atoms with Gasteiger partial charge in [0, 0.05) is 55.9 Å². The van der Waals surface area contributed by atoms with Crippen LogP contribution >= 0.6 is 0 Å². The van der Waals surface area contributed by atoms with E-state index in [1.165, 1.54) is 111 Å². The largest absolute Gasteiger partial charge is 0.436 e. The first kappa shape index (κ1) is 40.0. The quantitative estimate of drug-likeness (QED) is 0.162. The smallest absolute Gasteiger partial charge is 0.333 e. The van der Waals surface area contributed by atoms with Gasteiger partial charge >= 0.3 is 6.85 Å². The number of aromatic nitrogens is 2. The highest BCUT2D eigenvalue weighted by molar-refractivity contribution is 6.93. The fourth-order valence-corrected chi connectivity index (χ4v) is 12.8. The van der Waals surface area contributed by atoms with Crippen molar-refractivity contribution in [3.05, 3.63) is 179 Å². The summed E-state index contributed by atoms with van der Waals surface area (Å²) in [5, 5.41) is 2.56. The van der Waals surface area contributed by atoms with E-state index in [2.05, 4.69) is 218 Å². The van der Waals surface area contributed by atoms with Crippen molar-refractivity contribution in [2.75, 3.05) is 4.81 Å². The number of rotatable bonds is 2. The zero-order valence-electron chi connectivity index (χ0n) is 40.7. The van der Waals surface area contributed by atoms with Gasteiger partial charge in [-0.3, -0.25) is 0 Å². The molecule has 0 fully saturated rings. The van der Waals surface area contributed by atoms with E-state index in [4.69, 9.17) is 9.40 Å². The third kappa shape index (κ3) is 5.14. The van der Waals surface area contributed by atoms with Crippen molar-refractivity contribution in [1.82, 2.24) is 9.55 Å². The van der Waals surface area contributed by atoms with E-state index in [-0.39, 0.29) is 28.5 Å². The minimum Gasteiger partial charge on any atom is -0.436 e. The van der Waals surface area contributed by atoms with Gasteiger partial charge in [-0.2, -0.15) is 0 Å². The summed E-state index contributed by atoms with van der Waals surface area (Å²) in [6.07, 6.45) is 0. The lowest BCUT2D eigenvalue weighted by Crippen LogP contribution is -2.60. The van der Waals surface area contributed by atoms with Crippen LogP contribution in [-0.2, 0) is 21.7 Å². The molecule has 10 aromatic rings. The molecule has 0 saturated carbocycles. The molecular weight excluding hydrogens is 826 g/mol. The summed E-state index contributed by atoms with van der Waals surface area (Å²) in [6, 6.07) is 55.6. The van der Waals surface area contributed by atoms with E-state index in [9.17, 15) is 0 Å². The molecule has 0 spiro atoms. The summed E-state index contributed by atoms with van der Waals surface area (Å²) in [6.45, 7) is 23.4. The van der Waals surface area contributed by atoms with Crippen LogP contribution in [0.4, 0.5) is 11.4 Å². The Hall–Kier alpha value is -7.11. The first-order chi connectivity index (χ1) is 32.5. The number of benzene rings is 8. The maximum absolute atomic E-state index is 6.75. The van der Waals surface area contributed by atoms with Gasteiger partial charge in [0.1, 0.15) is 5.52 Å². The number of oxazole rings is 1. The van der Waals surface area contributed by atoms with Crippen molar-refractivity contribution in [2.24, 2.45) is 0 Å². The Labute approximate surface area is 399 Å². The van der Waals surface area contributed by atoms with Gasteiger partial charge in [0.25, 0.3) is 0 Å². The lowest BCUT2D eigenvalue weighted by molar-refractivity contribution is 0.584. The molecule has 2 aliphatic heterocycles. The summed E-state index contributed by atoms with van der Waals surface area (Å²) >= 11 is 0. The minimum absolute atomic E-state index is 0.0158. The normalized spacial score (nSPS) is 15.7. The van der Waals surface area contributed by atoms with Crippen molar-refractivity contribution in [2.45, 2.75) is 90.9 Å². The van der Waals surface area contributed by atoms with E-state index in [1.54, 1.807) is 0 Å². The van der Waals surface area contributed by atoms with E-state index in [1.807, 2.05) is 6.07 Å². The molecule has 4 nitrogen and oxygen atoms in total. The van der Waals surface area contributed by atoms with Gasteiger partial charge in [0.2, 0.25) is 5.89 Å². The zero-order valence-corrected chi connectivity index (χ0v) is 40.7. The van der Waals surface area contributed by atoms with Crippen molar-refractivity contribution >= 4 is 62.1 Å². The summed E-state index contributed by atoms with van der Waals surface area (Å²) in [7, 11) is 0. The number of hydrogen-bond donors (Lipinski definition) is 0. The van der Waals surface area contributed by atoms with Gasteiger partial charge in [-0.1, -0.05) is 154 Å². The highest BCUT2D eigenvalue weighted by atomic mass is 16.3. The number of fused-ring (bicyclic) bond motifs is 15. The highest BCUT2D eigenvalue weighted by Gasteiger charge is 2.47. The number of nitrogens with zero attached hydrogens (tertiary/aromatic N) is 3. The maximum atomic E-state index is 6.75. The van der Waals surface area contributed by atoms with Gasteiger partial charge in [0.05, 0.1) is 11.0 Å². The molecule has 0 unspecified atom stereocenters. The van der Waals surface area contributed by atoms with Crippen molar-refractivity contribution < 1.29 is 4.42 Å². The molecule has 0 radical (unpaired) electrons. The Morgan fingerprint density at radius 1 is 0.515 bits per heavy atom. The molecule has 8 aromatic carbocycles. The molecule has 14 rings (SSSR count). The molecule has 330 valence electrons. The van der Waals surface area contributed by atoms with Crippen LogP contribution in [0.15, 0.2) is 150 Å². The standard InChI is InChI=1S/C63H54BN3O/c1-60(2,3)36-20-23-38(24-21-36)67-54-32-44-40-25-22-37(61(4,5)6)28-48(40)63(9,10)50(44)29-45(54)41-26-27-42-46-30-49-43(39-18-14-15-19-47(39)62(49,7)8)31-53(46)66-55-34-56-52(33-51(55)64(67)57(41)58(42)66)65-59(68-56)35-16-12-11-13-17-35/h11-34H,1-10H3. The first-order valence-electron chi connectivity index (χ1n) is 24.5. The van der Waals surface area contributed by atoms with Crippen LogP contribution in [0.3, 0.4) is 0 Å². The molecule has 4 aliphatic rings. The predicted octanol–water partition coefficient (Wildman–Crippen LogP) is 15.0. The van der Waals surface area contributed by atoms with Crippen LogP contribution in [0, 0.1) is 0 Å². The zero-order chi connectivity index (χ0) is 46.6. The van der Waals surface area contributed by atoms with Crippen molar-refractivity contribution in [3.63, 3.8) is 0 Å². The SMILES string of the molecule is CC(C)(C)c1ccc(N2B3c4cc5nc(-c6ccccc6)oc5cc4-n4c5cc6c(cc5c5ccc(c3c54)-c3cc4c(cc32)-c2ccc(C(C)(C)C)cc2C4(C)C)C(C)(C)c2ccccc2-6)cc1. The van der Waals surface area contributed by atoms with Gasteiger partial charge < -0.3 is 13.8 Å². The van der Waals surface area contributed by atoms with E-state index < -0.39 is 0 Å². The minimum atomic E-state index is -0.182. The molecular formula is C63H54BN3O. The van der Waals surface area contributed by atoms with Gasteiger partial charge in [-0.05, 0) is 138 Å². The van der Waals surface area contributed by atoms with Crippen LogP contribution in [0.2, 0.25) is 0 Å². The Morgan fingerprint density at radius 3 is 1.93 bits per heavy atom. The van der Waals surface area contributed by atoms with Gasteiger partial charge in [-0.25, -0.2) is 4.98 Å². The second-order valence-electron chi connectivity index (χ2n) is 23.2. The van der Waals surface area contributed by atoms with Crippen LogP contribution in [0.1, 0.15) is 103 Å². The topological polar surface area (TPSA) is 34.2 Å². The monoisotopic (exact) mass is 879 g/mol. The lowest BCUT2D eigenvalue weighted by atomic mass is 9.44. The number of anilines is 2. The van der Waals surface area contributed by atoms with Gasteiger partial charge in [-0.15, -0.1) is 0 Å². The van der Waals surface area contributed by atoms with Crippen LogP contribution in [0.25, 0.3) is 83.4 Å². The molecule has 0 atom stereocenters. The molecule has 4 heterocycles. The maximum Gasteiger partial charge on any atom is 0.333 e. The summed E-state index contributed by atoms with van der Waals surface area (Å²) in [4.78, 5) is 7.91. The molecule has 0 N–H and O–H groups in total. The molecule has 68 heavy (non-hydrogen) atoms. The summed E-state index contributed by atoms with van der Waals surface area (Å²) in [5.74, 6) is 0.635. The van der Waals surface area contributed by atoms with E-state index in [0.717, 1.165) is 22.4 Å². The fraction of sp³-hybridized carbons (Fsp3) is 0.222. The van der Waals surface area contributed by atoms with E-state index >= 15 is 0 Å². The second-order valence-corrected chi connectivity index (χ2v) is 23.2. The van der Waals surface area contributed by atoms with Crippen molar-refractivity contribution in [1.29, 1.82) is 0 Å². The third-order valence-electron chi connectivity index (χ3n) is 16.5. The average Bonchev–Trinajstić information content (AvgIpc) is 4.02. The fourth-order valence-electron chi connectivity index (χ4n) is 12.8. The summed E-state index contributed by atoms with van der Waals surface area (Å²) < 4.78 is 9.34. The number of hydrogen-bond acceptors (Lipinski definition) is 3. The molecule has 0 amide bonds. The van der Waals surface area contributed by atoms with Crippen LogP contribution < -0.4 is 15.7 Å². The van der Waals surface area contributed by atoms with Gasteiger partial charge in [0.15, 0.2) is 5.58 Å². The summed E-state index contributed by atoms with van der Waals surface area (Å²) in [5.41, 5.74) is 27.1. The Kier molecular flexibility index (Phi) is 7.59. The second kappa shape index (κ2) is 12.9. The first-order valence-corrected chi connectivity index (χ1v) is 24.5. The van der Waals surface area contributed by atoms with E-state index in [0.29, 0.717) is 5.89 Å². The van der Waals surface area contributed by atoms with Crippen LogP contribution in [-0.4, -0.2) is 16.4 Å².